The molecule has 0 bridgehead atoms. The van der Waals surface area contributed by atoms with Crippen molar-refractivity contribution < 1.29 is 0 Å². The molecule has 2 aliphatic rings. The molecule has 1 aromatic heterocycles. The van der Waals surface area contributed by atoms with Crippen LogP contribution in [0.5, 0.6) is 0 Å². The molecule has 0 spiro atoms. The number of likely N-dealkylation sites (tertiary alicyclic amines) is 1. The minimum absolute atomic E-state index is 0. The maximum atomic E-state index is 3.43. The van der Waals surface area contributed by atoms with Crippen LogP contribution in [0.1, 0.15) is 51.7 Å². The number of fused-ring (bicyclic) bond motifs is 1. The lowest BCUT2D eigenvalue weighted by molar-refractivity contribution is 0.121. The van der Waals surface area contributed by atoms with Gasteiger partial charge in [0.15, 0.2) is 0 Å². The normalized spacial score (nSPS) is 19.2. The van der Waals surface area contributed by atoms with E-state index in [0.29, 0.717) is 0 Å². The molecule has 0 saturated carbocycles. The van der Waals surface area contributed by atoms with Crippen molar-refractivity contribution in [3.63, 3.8) is 0 Å². The maximum absolute atomic E-state index is 3.43. The highest BCUT2D eigenvalue weighted by Crippen LogP contribution is 2.30. The molecule has 0 unspecified atom stereocenters. The van der Waals surface area contributed by atoms with Crippen molar-refractivity contribution in [1.82, 2.24) is 14.8 Å². The van der Waals surface area contributed by atoms with Gasteiger partial charge in [0.25, 0.3) is 0 Å². The molecule has 138 valence electrons. The highest BCUT2D eigenvalue weighted by molar-refractivity contribution is 5.93. The van der Waals surface area contributed by atoms with Gasteiger partial charge in [-0.3, -0.25) is 9.80 Å². The summed E-state index contributed by atoms with van der Waals surface area (Å²) in [5, 5.41) is 1.38. The zero-order chi connectivity index (χ0) is 15.6. The summed E-state index contributed by atoms with van der Waals surface area (Å²) in [7, 11) is 0. The number of aromatic nitrogens is 1. The number of aromatic amines is 1. The number of nitrogens with zero attached hydrogens (tertiary/aromatic N) is 2. The highest BCUT2D eigenvalue weighted by atomic mass is 15.3. The summed E-state index contributed by atoms with van der Waals surface area (Å²) >= 11 is 0. The van der Waals surface area contributed by atoms with Gasteiger partial charge in [0.1, 0.15) is 0 Å². The lowest BCUT2D eigenvalue weighted by Crippen LogP contribution is -2.42. The lowest BCUT2D eigenvalue weighted by Gasteiger charge is -2.34. The number of nitrogens with one attached hydrogen (secondary N) is 1. The average Bonchev–Trinajstić information content (AvgIpc) is 2.99. The van der Waals surface area contributed by atoms with Crippen LogP contribution in [0.3, 0.4) is 0 Å². The van der Waals surface area contributed by atoms with Gasteiger partial charge in [-0.25, -0.2) is 0 Å². The van der Waals surface area contributed by atoms with Crippen molar-refractivity contribution in [1.29, 1.82) is 0 Å². The predicted molar refractivity (Wildman–Crippen MR) is 111 cm³/mol. The third-order valence-corrected chi connectivity index (χ3v) is 5.33. The van der Waals surface area contributed by atoms with Gasteiger partial charge in [-0.15, -0.1) is 0 Å². The van der Waals surface area contributed by atoms with Gasteiger partial charge in [0, 0.05) is 35.8 Å². The molecule has 0 amide bonds. The van der Waals surface area contributed by atoms with Crippen LogP contribution in [-0.2, 0) is 0 Å². The molecule has 2 aliphatic heterocycles. The van der Waals surface area contributed by atoms with Gasteiger partial charge >= 0.3 is 0 Å². The van der Waals surface area contributed by atoms with Crippen molar-refractivity contribution in [2.75, 3.05) is 32.8 Å². The Morgan fingerprint density at radius 2 is 1.80 bits per heavy atom. The number of rotatable bonds is 3. The van der Waals surface area contributed by atoms with E-state index in [0.717, 1.165) is 19.6 Å². The van der Waals surface area contributed by atoms with Gasteiger partial charge in [-0.1, -0.05) is 39.0 Å². The van der Waals surface area contributed by atoms with Crippen molar-refractivity contribution in [3.8, 4) is 0 Å². The quantitative estimate of drug-likeness (QED) is 0.820. The molecule has 1 N–H and O–H groups in total. The van der Waals surface area contributed by atoms with Crippen molar-refractivity contribution in [3.05, 3.63) is 41.6 Å². The number of hydrogen-bond acceptors (Lipinski definition) is 2. The summed E-state index contributed by atoms with van der Waals surface area (Å²) in [6, 6.07) is 6.68. The molecule has 0 atom stereocenters. The van der Waals surface area contributed by atoms with E-state index < -0.39 is 0 Å². The van der Waals surface area contributed by atoms with E-state index in [1.165, 1.54) is 66.5 Å². The molecular formula is C22H35N3. The second-order valence-electron chi connectivity index (χ2n) is 7.13. The van der Waals surface area contributed by atoms with Crippen LogP contribution in [0.15, 0.2) is 30.5 Å². The van der Waals surface area contributed by atoms with Gasteiger partial charge in [0.05, 0.1) is 6.67 Å². The number of piperidine rings is 1. The first-order valence-electron chi connectivity index (χ1n) is 9.01. The minimum atomic E-state index is 0. The lowest BCUT2D eigenvalue weighted by atomic mass is 9.98. The van der Waals surface area contributed by atoms with Crippen LogP contribution in [0.4, 0.5) is 0 Å². The van der Waals surface area contributed by atoms with Gasteiger partial charge < -0.3 is 4.98 Å². The molecule has 0 aliphatic carbocycles. The third-order valence-electron chi connectivity index (χ3n) is 5.33. The first-order valence-corrected chi connectivity index (χ1v) is 9.01. The number of hydrogen-bond donors (Lipinski definition) is 1. The Morgan fingerprint density at radius 3 is 2.52 bits per heavy atom. The predicted octanol–water partition coefficient (Wildman–Crippen LogP) is 5.28. The number of H-pyrrole nitrogens is 1. The highest BCUT2D eigenvalue weighted by Gasteiger charge is 2.18. The SMILES string of the molecule is C.C.Cc1ccc2[nH]cc(C3=CCN(CN4CCCCC4)CC3)c2c1. The summed E-state index contributed by atoms with van der Waals surface area (Å²) in [6.45, 7) is 8.16. The van der Waals surface area contributed by atoms with Crippen molar-refractivity contribution >= 4 is 16.5 Å². The number of benzene rings is 1. The summed E-state index contributed by atoms with van der Waals surface area (Å²) in [5.41, 5.74) is 5.50. The van der Waals surface area contributed by atoms with Gasteiger partial charge in [-0.2, -0.15) is 0 Å². The fourth-order valence-corrected chi connectivity index (χ4v) is 3.97. The molecule has 4 rings (SSSR count). The van der Waals surface area contributed by atoms with Crippen LogP contribution in [0, 0.1) is 6.92 Å². The molecule has 3 heterocycles. The van der Waals surface area contributed by atoms with Crippen LogP contribution in [-0.4, -0.2) is 47.6 Å². The third kappa shape index (κ3) is 4.34. The summed E-state index contributed by atoms with van der Waals surface area (Å²) in [4.78, 5) is 8.64. The molecule has 1 aromatic carbocycles. The monoisotopic (exact) mass is 341 g/mol. The smallest absolute Gasteiger partial charge is 0.0509 e. The summed E-state index contributed by atoms with van der Waals surface area (Å²) in [6.07, 6.45) is 9.97. The van der Waals surface area contributed by atoms with E-state index >= 15 is 0 Å². The van der Waals surface area contributed by atoms with E-state index in [1.807, 2.05) is 0 Å². The number of aryl methyl sites for hydroxylation is 1. The van der Waals surface area contributed by atoms with E-state index in [1.54, 1.807) is 0 Å². The molecular weight excluding hydrogens is 306 g/mol. The van der Waals surface area contributed by atoms with Crippen LogP contribution in [0.25, 0.3) is 16.5 Å². The second-order valence-corrected chi connectivity index (χ2v) is 7.13. The van der Waals surface area contributed by atoms with Gasteiger partial charge in [0.2, 0.25) is 0 Å². The fourth-order valence-electron chi connectivity index (χ4n) is 3.97. The fraction of sp³-hybridized carbons (Fsp3) is 0.545. The van der Waals surface area contributed by atoms with E-state index in [2.05, 4.69) is 52.2 Å². The average molecular weight is 342 g/mol. The standard InChI is InChI=1S/C20H27N3.2CH4/c1-16-5-6-20-18(13-16)19(14-21-20)17-7-11-23(12-8-17)15-22-9-3-2-4-10-22;;/h5-7,13-14,21H,2-4,8-12,15H2,1H3;2*1H4. The zero-order valence-electron chi connectivity index (χ0n) is 14.1. The molecule has 1 fully saturated rings. The van der Waals surface area contributed by atoms with Crippen molar-refractivity contribution in [2.45, 2.75) is 47.5 Å². The molecule has 0 radical (unpaired) electrons. The maximum Gasteiger partial charge on any atom is 0.0509 e. The largest absolute Gasteiger partial charge is 0.361 e. The van der Waals surface area contributed by atoms with Crippen molar-refractivity contribution in [2.24, 2.45) is 0 Å². The Labute approximate surface area is 153 Å². The first kappa shape index (κ1) is 19.7. The first-order chi connectivity index (χ1) is 11.3. The van der Waals surface area contributed by atoms with Crippen LogP contribution in [0.2, 0.25) is 0 Å². The van der Waals surface area contributed by atoms with Crippen LogP contribution >= 0.6 is 0 Å². The Hall–Kier alpha value is -1.58. The topological polar surface area (TPSA) is 22.3 Å². The Balaban J connectivity index is 0.00000113. The van der Waals surface area contributed by atoms with Gasteiger partial charge in [-0.05, 0) is 57.0 Å². The molecule has 3 heteroatoms. The zero-order valence-corrected chi connectivity index (χ0v) is 14.1. The Morgan fingerprint density at radius 1 is 1.00 bits per heavy atom. The molecule has 2 aromatic rings. The Kier molecular flexibility index (Phi) is 6.86. The van der Waals surface area contributed by atoms with Crippen LogP contribution < -0.4 is 0 Å². The molecule has 1 saturated heterocycles. The van der Waals surface area contributed by atoms with E-state index in [9.17, 15) is 0 Å². The minimum Gasteiger partial charge on any atom is -0.361 e. The summed E-state index contributed by atoms with van der Waals surface area (Å²) < 4.78 is 0. The molecule has 25 heavy (non-hydrogen) atoms. The second kappa shape index (κ2) is 8.68. The van der Waals surface area contributed by atoms with E-state index in [4.69, 9.17) is 0 Å². The molecule has 3 nitrogen and oxygen atoms in total. The summed E-state index contributed by atoms with van der Waals surface area (Å²) in [5.74, 6) is 0. The Bertz CT molecular complexity index is 707. The van der Waals surface area contributed by atoms with E-state index in [-0.39, 0.29) is 14.9 Å².